The lowest BCUT2D eigenvalue weighted by molar-refractivity contribution is -0.0512. The monoisotopic (exact) mass is 261 g/mol. The minimum atomic E-state index is -0.0107. The number of ether oxygens (including phenoxy) is 1. The molecular formula is C17H27NO. The van der Waals surface area contributed by atoms with E-state index in [0.717, 1.165) is 12.3 Å². The first-order chi connectivity index (χ1) is 9.20. The Bertz CT molecular complexity index is 365. The molecule has 2 nitrogen and oxygen atoms in total. The molecule has 1 aromatic rings. The second kappa shape index (κ2) is 7.06. The van der Waals surface area contributed by atoms with Crippen molar-refractivity contribution in [3.05, 3.63) is 35.9 Å². The summed E-state index contributed by atoms with van der Waals surface area (Å²) in [5.41, 5.74) is 7.56. The molecule has 1 aromatic carbocycles. The van der Waals surface area contributed by atoms with Crippen molar-refractivity contribution < 1.29 is 4.74 Å². The fraction of sp³-hybridized carbons (Fsp3) is 0.647. The Kier molecular flexibility index (Phi) is 5.41. The first-order valence-electron chi connectivity index (χ1n) is 7.66. The Morgan fingerprint density at radius 2 is 2.00 bits per heavy atom. The van der Waals surface area contributed by atoms with Crippen molar-refractivity contribution >= 4 is 0 Å². The average Bonchev–Trinajstić information content (AvgIpc) is 2.45. The van der Waals surface area contributed by atoms with E-state index in [1.165, 1.54) is 31.2 Å². The lowest BCUT2D eigenvalue weighted by Gasteiger charge is -2.32. The van der Waals surface area contributed by atoms with Gasteiger partial charge in [-0.25, -0.2) is 0 Å². The first kappa shape index (κ1) is 14.5. The number of benzene rings is 1. The van der Waals surface area contributed by atoms with E-state index < -0.39 is 0 Å². The Balaban J connectivity index is 1.96. The smallest absolute Gasteiger partial charge is 0.0768 e. The summed E-state index contributed by atoms with van der Waals surface area (Å²) in [6.07, 6.45) is 6.55. The Morgan fingerprint density at radius 3 is 2.63 bits per heavy atom. The van der Waals surface area contributed by atoms with Crippen LogP contribution in [-0.2, 0) is 4.74 Å². The van der Waals surface area contributed by atoms with Crippen LogP contribution in [0.2, 0.25) is 0 Å². The number of rotatable bonds is 5. The summed E-state index contributed by atoms with van der Waals surface area (Å²) in [4.78, 5) is 0. The minimum Gasteiger partial charge on any atom is -0.373 e. The van der Waals surface area contributed by atoms with Crippen LogP contribution < -0.4 is 5.73 Å². The maximum atomic E-state index is 6.38. The zero-order chi connectivity index (χ0) is 13.7. The highest BCUT2D eigenvalue weighted by molar-refractivity contribution is 5.19. The van der Waals surface area contributed by atoms with Crippen LogP contribution in [0.25, 0.3) is 0 Å². The summed E-state index contributed by atoms with van der Waals surface area (Å²) in [5, 5.41) is 0. The molecule has 2 N–H and O–H groups in total. The molecule has 0 spiro atoms. The zero-order valence-electron chi connectivity index (χ0n) is 12.2. The number of hydrogen-bond donors (Lipinski definition) is 1. The van der Waals surface area contributed by atoms with Crippen LogP contribution in [0.5, 0.6) is 0 Å². The number of nitrogens with two attached hydrogens (primary N) is 1. The molecule has 0 heterocycles. The van der Waals surface area contributed by atoms with Crippen LogP contribution in [-0.4, -0.2) is 12.2 Å². The molecule has 0 radical (unpaired) electrons. The molecule has 1 aliphatic rings. The van der Waals surface area contributed by atoms with E-state index in [1.807, 2.05) is 18.2 Å². The molecule has 1 aliphatic carbocycles. The number of hydrogen-bond acceptors (Lipinski definition) is 2. The van der Waals surface area contributed by atoms with Gasteiger partial charge in [-0.15, -0.1) is 0 Å². The summed E-state index contributed by atoms with van der Waals surface area (Å²) in [6.45, 7) is 4.49. The predicted octanol–water partition coefficient (Wildman–Crippen LogP) is 4.06. The Hall–Kier alpha value is -0.860. The van der Waals surface area contributed by atoms with Crippen molar-refractivity contribution in [1.29, 1.82) is 0 Å². The van der Waals surface area contributed by atoms with E-state index in [-0.39, 0.29) is 12.1 Å². The normalized spacial score (nSPS) is 26.9. The maximum absolute atomic E-state index is 6.38. The largest absolute Gasteiger partial charge is 0.373 e. The Labute approximate surface area is 117 Å². The van der Waals surface area contributed by atoms with E-state index >= 15 is 0 Å². The fourth-order valence-electron chi connectivity index (χ4n) is 3.07. The van der Waals surface area contributed by atoms with Gasteiger partial charge in [-0.3, -0.25) is 0 Å². The van der Waals surface area contributed by atoms with E-state index in [2.05, 4.69) is 26.0 Å². The van der Waals surface area contributed by atoms with Crippen molar-refractivity contribution in [3.63, 3.8) is 0 Å². The molecule has 2 rings (SSSR count). The highest BCUT2D eigenvalue weighted by Crippen LogP contribution is 2.29. The molecule has 0 saturated heterocycles. The molecule has 19 heavy (non-hydrogen) atoms. The van der Waals surface area contributed by atoms with Crippen molar-refractivity contribution in [2.24, 2.45) is 11.7 Å². The van der Waals surface area contributed by atoms with Gasteiger partial charge in [0.25, 0.3) is 0 Å². The van der Waals surface area contributed by atoms with Gasteiger partial charge in [0, 0.05) is 0 Å². The Morgan fingerprint density at radius 1 is 1.26 bits per heavy atom. The van der Waals surface area contributed by atoms with E-state index in [1.54, 1.807) is 0 Å². The van der Waals surface area contributed by atoms with Gasteiger partial charge in [-0.05, 0) is 30.7 Å². The minimum absolute atomic E-state index is 0.0107. The van der Waals surface area contributed by atoms with Gasteiger partial charge in [0.15, 0.2) is 0 Å². The average molecular weight is 261 g/mol. The maximum Gasteiger partial charge on any atom is 0.0768 e. The highest BCUT2D eigenvalue weighted by Gasteiger charge is 2.25. The molecule has 2 heteroatoms. The molecule has 4 atom stereocenters. The van der Waals surface area contributed by atoms with Gasteiger partial charge < -0.3 is 10.5 Å². The van der Waals surface area contributed by atoms with Crippen molar-refractivity contribution in [2.45, 2.75) is 64.2 Å². The topological polar surface area (TPSA) is 35.2 Å². The van der Waals surface area contributed by atoms with Gasteiger partial charge in [0.1, 0.15) is 0 Å². The molecule has 106 valence electrons. The van der Waals surface area contributed by atoms with Crippen LogP contribution in [0, 0.1) is 5.92 Å². The quantitative estimate of drug-likeness (QED) is 0.867. The molecule has 1 fully saturated rings. The van der Waals surface area contributed by atoms with Crippen LogP contribution in [0.4, 0.5) is 0 Å². The molecule has 0 aromatic heterocycles. The van der Waals surface area contributed by atoms with Gasteiger partial charge in [0.2, 0.25) is 0 Å². The summed E-state index contributed by atoms with van der Waals surface area (Å²) < 4.78 is 6.30. The molecule has 1 saturated carbocycles. The van der Waals surface area contributed by atoms with Gasteiger partial charge in [-0.1, -0.05) is 57.0 Å². The lowest BCUT2D eigenvalue weighted by atomic mass is 9.88. The van der Waals surface area contributed by atoms with Crippen LogP contribution in [0.15, 0.2) is 30.3 Å². The summed E-state index contributed by atoms with van der Waals surface area (Å²) in [5.74, 6) is 0.796. The lowest BCUT2D eigenvalue weighted by Crippen LogP contribution is -2.34. The standard InChI is InChI=1S/C17H27NO/c1-3-16(17(18)14-9-5-4-6-10-14)19-15-11-7-8-13(2)12-15/h4-6,9-10,13,15-17H,3,7-8,11-12,18H2,1-2H3. The molecule has 0 amide bonds. The predicted molar refractivity (Wildman–Crippen MR) is 80.0 cm³/mol. The van der Waals surface area contributed by atoms with Gasteiger partial charge in [0.05, 0.1) is 18.2 Å². The van der Waals surface area contributed by atoms with Crippen LogP contribution in [0.1, 0.15) is 57.6 Å². The fourth-order valence-corrected chi connectivity index (χ4v) is 3.07. The molecule has 0 bridgehead atoms. The van der Waals surface area contributed by atoms with Crippen LogP contribution >= 0.6 is 0 Å². The van der Waals surface area contributed by atoms with Crippen LogP contribution in [0.3, 0.4) is 0 Å². The SMILES string of the molecule is CCC(OC1CCCC(C)C1)C(N)c1ccccc1. The van der Waals surface area contributed by atoms with Gasteiger partial charge in [-0.2, -0.15) is 0 Å². The molecule has 0 aliphatic heterocycles. The third-order valence-electron chi connectivity index (χ3n) is 4.24. The molecular weight excluding hydrogens is 234 g/mol. The van der Waals surface area contributed by atoms with Crippen molar-refractivity contribution in [2.75, 3.05) is 0 Å². The second-order valence-corrected chi connectivity index (χ2v) is 5.91. The van der Waals surface area contributed by atoms with Gasteiger partial charge >= 0.3 is 0 Å². The first-order valence-corrected chi connectivity index (χ1v) is 7.66. The van der Waals surface area contributed by atoms with Crippen molar-refractivity contribution in [3.8, 4) is 0 Å². The van der Waals surface area contributed by atoms with E-state index in [0.29, 0.717) is 6.10 Å². The summed E-state index contributed by atoms with van der Waals surface area (Å²) in [7, 11) is 0. The third kappa shape index (κ3) is 4.05. The van der Waals surface area contributed by atoms with E-state index in [4.69, 9.17) is 10.5 Å². The second-order valence-electron chi connectivity index (χ2n) is 5.91. The summed E-state index contributed by atoms with van der Waals surface area (Å²) >= 11 is 0. The van der Waals surface area contributed by atoms with E-state index in [9.17, 15) is 0 Å². The summed E-state index contributed by atoms with van der Waals surface area (Å²) in [6, 6.07) is 10.3. The molecule has 4 unspecified atom stereocenters. The van der Waals surface area contributed by atoms with Crippen molar-refractivity contribution in [1.82, 2.24) is 0 Å². The third-order valence-corrected chi connectivity index (χ3v) is 4.24. The zero-order valence-corrected chi connectivity index (χ0v) is 12.2. The highest BCUT2D eigenvalue weighted by atomic mass is 16.5.